The molecule has 0 aliphatic heterocycles. The van der Waals surface area contributed by atoms with Crippen LogP contribution < -0.4 is 0 Å². The van der Waals surface area contributed by atoms with E-state index in [2.05, 4.69) is 12.6 Å². The highest BCUT2D eigenvalue weighted by atomic mass is 32.1. The van der Waals surface area contributed by atoms with Gasteiger partial charge in [-0.3, -0.25) is 4.79 Å². The third-order valence-electron chi connectivity index (χ3n) is 1.74. The molecule has 0 radical (unpaired) electrons. The molecule has 0 rings (SSSR count). The van der Waals surface area contributed by atoms with Gasteiger partial charge in [0.05, 0.1) is 5.25 Å². The molecule has 5 heteroatoms. The smallest absolute Gasteiger partial charge is 0.298 e. The Kier molecular flexibility index (Phi) is 4.29. The number of ketones is 1. The molecular formula is C8H13F3OS. The van der Waals surface area contributed by atoms with E-state index in [4.69, 9.17) is 0 Å². The standard InChI is InChI=1S/C8H13F3OS/c1-4(2)6(8(9,10)11)7(12)5(3)13/h4-6,13H,1-3H3/t5?,6-/m0/s1. The van der Waals surface area contributed by atoms with Crippen LogP contribution in [0, 0.1) is 11.8 Å². The van der Waals surface area contributed by atoms with E-state index >= 15 is 0 Å². The first kappa shape index (κ1) is 12.8. The summed E-state index contributed by atoms with van der Waals surface area (Å²) in [5.74, 6) is -3.48. The Morgan fingerprint density at radius 2 is 1.62 bits per heavy atom. The molecule has 1 nitrogen and oxygen atoms in total. The summed E-state index contributed by atoms with van der Waals surface area (Å²) in [6.07, 6.45) is -4.46. The van der Waals surface area contributed by atoms with Crippen molar-refractivity contribution in [3.8, 4) is 0 Å². The number of hydrogen-bond donors (Lipinski definition) is 1. The van der Waals surface area contributed by atoms with Crippen LogP contribution in [-0.2, 0) is 4.79 Å². The molecule has 2 atom stereocenters. The number of alkyl halides is 3. The van der Waals surface area contributed by atoms with Crippen LogP contribution in [0.5, 0.6) is 0 Å². The lowest BCUT2D eigenvalue weighted by Gasteiger charge is -2.23. The van der Waals surface area contributed by atoms with Gasteiger partial charge in [0, 0.05) is 0 Å². The van der Waals surface area contributed by atoms with Crippen molar-refractivity contribution < 1.29 is 18.0 Å². The summed E-state index contributed by atoms with van der Waals surface area (Å²) < 4.78 is 37.0. The third kappa shape index (κ3) is 3.58. The Bertz CT molecular complexity index is 186. The summed E-state index contributed by atoms with van der Waals surface area (Å²) in [4.78, 5) is 11.1. The van der Waals surface area contributed by atoms with Crippen LogP contribution in [0.4, 0.5) is 13.2 Å². The zero-order valence-electron chi connectivity index (χ0n) is 7.72. The van der Waals surface area contributed by atoms with Gasteiger partial charge in [-0.15, -0.1) is 0 Å². The van der Waals surface area contributed by atoms with Crippen molar-refractivity contribution in [2.24, 2.45) is 11.8 Å². The summed E-state index contributed by atoms with van der Waals surface area (Å²) in [7, 11) is 0. The van der Waals surface area contributed by atoms with Crippen molar-refractivity contribution in [1.82, 2.24) is 0 Å². The van der Waals surface area contributed by atoms with Crippen molar-refractivity contribution in [3.63, 3.8) is 0 Å². The van der Waals surface area contributed by atoms with Crippen LogP contribution in [0.15, 0.2) is 0 Å². The molecule has 0 aliphatic rings. The Morgan fingerprint density at radius 1 is 1.23 bits per heavy atom. The SMILES string of the molecule is CC(S)C(=O)[C@H](C(C)C)C(F)(F)F. The van der Waals surface area contributed by atoms with Gasteiger partial charge in [-0.2, -0.15) is 25.8 Å². The molecule has 0 spiro atoms. The molecule has 0 N–H and O–H groups in total. The highest BCUT2D eigenvalue weighted by molar-refractivity contribution is 7.81. The molecule has 78 valence electrons. The van der Waals surface area contributed by atoms with E-state index in [1.807, 2.05) is 0 Å². The van der Waals surface area contributed by atoms with Crippen LogP contribution in [0.1, 0.15) is 20.8 Å². The molecule has 0 saturated carbocycles. The molecule has 0 heterocycles. The van der Waals surface area contributed by atoms with Crippen molar-refractivity contribution in [1.29, 1.82) is 0 Å². The van der Waals surface area contributed by atoms with E-state index in [-0.39, 0.29) is 0 Å². The summed E-state index contributed by atoms with van der Waals surface area (Å²) in [5, 5.41) is -0.867. The second-order valence-electron chi connectivity index (χ2n) is 3.34. The van der Waals surface area contributed by atoms with Gasteiger partial charge in [0.15, 0.2) is 5.78 Å². The summed E-state index contributed by atoms with van der Waals surface area (Å²) in [6.45, 7) is 4.12. The lowest BCUT2D eigenvalue weighted by atomic mass is 9.89. The topological polar surface area (TPSA) is 17.1 Å². The van der Waals surface area contributed by atoms with Gasteiger partial charge in [-0.05, 0) is 12.8 Å². The van der Waals surface area contributed by atoms with E-state index in [0.717, 1.165) is 0 Å². The average Bonchev–Trinajstić information content (AvgIpc) is 1.82. The van der Waals surface area contributed by atoms with E-state index < -0.39 is 29.0 Å². The molecule has 13 heavy (non-hydrogen) atoms. The molecule has 0 amide bonds. The zero-order valence-corrected chi connectivity index (χ0v) is 8.62. The lowest BCUT2D eigenvalue weighted by molar-refractivity contribution is -0.189. The first-order valence-corrected chi connectivity index (χ1v) is 4.48. The van der Waals surface area contributed by atoms with Crippen molar-refractivity contribution in [3.05, 3.63) is 0 Å². The van der Waals surface area contributed by atoms with Crippen molar-refractivity contribution in [2.45, 2.75) is 32.2 Å². The van der Waals surface area contributed by atoms with E-state index in [1.165, 1.54) is 20.8 Å². The van der Waals surface area contributed by atoms with Gasteiger partial charge in [0.2, 0.25) is 0 Å². The van der Waals surface area contributed by atoms with Gasteiger partial charge in [-0.1, -0.05) is 13.8 Å². The number of Topliss-reactive ketones (excluding diaryl/α,β-unsaturated/α-hetero) is 1. The number of thiol groups is 1. The minimum absolute atomic E-state index is 0.734. The normalized spacial score (nSPS) is 17.2. The number of rotatable bonds is 3. The predicted octanol–water partition coefficient (Wildman–Crippen LogP) is 2.71. The fourth-order valence-corrected chi connectivity index (χ4v) is 1.29. The second-order valence-corrected chi connectivity index (χ2v) is 4.12. The molecule has 0 bridgehead atoms. The predicted molar refractivity (Wildman–Crippen MR) is 47.8 cm³/mol. The van der Waals surface area contributed by atoms with E-state index in [9.17, 15) is 18.0 Å². The summed E-state index contributed by atoms with van der Waals surface area (Å²) >= 11 is 3.71. The lowest BCUT2D eigenvalue weighted by Crippen LogP contribution is -2.38. The van der Waals surface area contributed by atoms with E-state index in [1.54, 1.807) is 0 Å². The highest BCUT2D eigenvalue weighted by Gasteiger charge is 2.47. The maximum absolute atomic E-state index is 12.3. The molecule has 0 saturated heterocycles. The van der Waals surface area contributed by atoms with Gasteiger partial charge in [-0.25, -0.2) is 0 Å². The summed E-state index contributed by atoms with van der Waals surface area (Å²) in [6, 6.07) is 0. The Labute approximate surface area is 81.1 Å². The molecule has 0 fully saturated rings. The first-order valence-electron chi connectivity index (χ1n) is 3.96. The number of hydrogen-bond acceptors (Lipinski definition) is 2. The van der Waals surface area contributed by atoms with E-state index in [0.29, 0.717) is 0 Å². The largest absolute Gasteiger partial charge is 0.398 e. The molecule has 1 unspecified atom stereocenters. The van der Waals surface area contributed by atoms with Crippen LogP contribution >= 0.6 is 12.6 Å². The Hall–Kier alpha value is -0.190. The van der Waals surface area contributed by atoms with Gasteiger partial charge in [0.25, 0.3) is 0 Å². The first-order chi connectivity index (χ1) is 5.68. The molecule has 0 aliphatic carbocycles. The molecule has 0 aromatic heterocycles. The van der Waals surface area contributed by atoms with Gasteiger partial charge in [0.1, 0.15) is 5.92 Å². The highest BCUT2D eigenvalue weighted by Crippen LogP contribution is 2.33. The number of carbonyl (C=O) groups excluding carboxylic acids is 1. The quantitative estimate of drug-likeness (QED) is 0.715. The fraction of sp³-hybridized carbons (Fsp3) is 0.875. The average molecular weight is 214 g/mol. The molecule has 0 aromatic carbocycles. The monoisotopic (exact) mass is 214 g/mol. The maximum Gasteiger partial charge on any atom is 0.398 e. The molecular weight excluding hydrogens is 201 g/mol. The fourth-order valence-electron chi connectivity index (χ4n) is 1.13. The zero-order chi connectivity index (χ0) is 10.8. The Morgan fingerprint density at radius 3 is 1.69 bits per heavy atom. The van der Waals surface area contributed by atoms with Gasteiger partial charge >= 0.3 is 6.18 Å². The van der Waals surface area contributed by atoms with Crippen LogP contribution in [0.2, 0.25) is 0 Å². The Balaban J connectivity index is 4.73. The van der Waals surface area contributed by atoms with Crippen LogP contribution in [0.25, 0.3) is 0 Å². The van der Waals surface area contributed by atoms with Crippen LogP contribution in [0.3, 0.4) is 0 Å². The van der Waals surface area contributed by atoms with Gasteiger partial charge < -0.3 is 0 Å². The minimum atomic E-state index is -4.46. The minimum Gasteiger partial charge on any atom is -0.298 e. The van der Waals surface area contributed by atoms with Crippen molar-refractivity contribution in [2.75, 3.05) is 0 Å². The molecule has 0 aromatic rings. The van der Waals surface area contributed by atoms with Crippen molar-refractivity contribution >= 4 is 18.4 Å². The second kappa shape index (κ2) is 4.35. The number of halogens is 3. The van der Waals surface area contributed by atoms with Crippen LogP contribution in [-0.4, -0.2) is 17.2 Å². The maximum atomic E-state index is 12.3. The number of carbonyl (C=O) groups is 1. The summed E-state index contributed by atoms with van der Waals surface area (Å²) in [5.41, 5.74) is 0. The third-order valence-corrected chi connectivity index (χ3v) is 1.99.